The number of amides is 1. The quantitative estimate of drug-likeness (QED) is 0.605. The van der Waals surface area contributed by atoms with E-state index in [1.54, 1.807) is 42.6 Å². The van der Waals surface area contributed by atoms with Crippen molar-refractivity contribution in [2.45, 2.75) is 27.2 Å². The number of imidazole rings is 1. The van der Waals surface area contributed by atoms with Gasteiger partial charge in [0.2, 0.25) is 0 Å². The zero-order valence-corrected chi connectivity index (χ0v) is 16.8. The summed E-state index contributed by atoms with van der Waals surface area (Å²) in [5.74, 6) is 0.835. The van der Waals surface area contributed by atoms with Crippen LogP contribution in [0.25, 0.3) is 5.69 Å². The van der Waals surface area contributed by atoms with E-state index in [9.17, 15) is 9.59 Å². The molecule has 0 fully saturated rings. The second-order valence-electron chi connectivity index (χ2n) is 6.48. The van der Waals surface area contributed by atoms with Crippen molar-refractivity contribution in [3.63, 3.8) is 0 Å². The van der Waals surface area contributed by atoms with Gasteiger partial charge in [-0.1, -0.05) is 19.1 Å². The highest BCUT2D eigenvalue weighted by Gasteiger charge is 2.15. The van der Waals surface area contributed by atoms with E-state index in [1.165, 1.54) is 4.57 Å². The lowest BCUT2D eigenvalue weighted by Gasteiger charge is -2.15. The maximum Gasteiger partial charge on any atom is 0.330 e. The molecule has 1 heterocycles. The van der Waals surface area contributed by atoms with Crippen LogP contribution in [0.5, 0.6) is 11.5 Å². The van der Waals surface area contributed by atoms with E-state index in [2.05, 4.69) is 10.3 Å². The molecule has 0 aliphatic rings. The number of nitrogens with zero attached hydrogens (tertiary/aromatic N) is 1. The van der Waals surface area contributed by atoms with Gasteiger partial charge in [-0.25, -0.2) is 4.79 Å². The molecule has 152 valence electrons. The van der Waals surface area contributed by atoms with Gasteiger partial charge in [-0.2, -0.15) is 0 Å². The highest BCUT2D eigenvalue weighted by atomic mass is 16.5. The normalized spacial score (nSPS) is 10.6. The van der Waals surface area contributed by atoms with Crippen LogP contribution in [0.2, 0.25) is 0 Å². The molecule has 0 saturated carbocycles. The Hall–Kier alpha value is -3.48. The van der Waals surface area contributed by atoms with Crippen molar-refractivity contribution in [2.75, 3.05) is 18.5 Å². The van der Waals surface area contributed by atoms with Gasteiger partial charge in [0.15, 0.2) is 11.5 Å². The molecule has 0 spiro atoms. The molecule has 0 aliphatic heterocycles. The molecular weight excluding hydrogens is 370 g/mol. The Morgan fingerprint density at radius 2 is 1.90 bits per heavy atom. The highest BCUT2D eigenvalue weighted by Crippen LogP contribution is 2.29. The summed E-state index contributed by atoms with van der Waals surface area (Å²) >= 11 is 0. The number of carbonyl (C=O) groups is 1. The molecule has 7 heteroatoms. The van der Waals surface area contributed by atoms with E-state index in [1.807, 2.05) is 26.8 Å². The Labute approximate surface area is 169 Å². The van der Waals surface area contributed by atoms with Gasteiger partial charge >= 0.3 is 5.69 Å². The third kappa shape index (κ3) is 4.51. The van der Waals surface area contributed by atoms with Crippen LogP contribution in [-0.4, -0.2) is 28.7 Å². The lowest BCUT2D eigenvalue weighted by Crippen LogP contribution is -2.19. The van der Waals surface area contributed by atoms with Gasteiger partial charge in [0, 0.05) is 17.5 Å². The molecule has 0 aliphatic carbocycles. The predicted molar refractivity (Wildman–Crippen MR) is 112 cm³/mol. The summed E-state index contributed by atoms with van der Waals surface area (Å²) in [6.45, 7) is 6.76. The van der Waals surface area contributed by atoms with Gasteiger partial charge in [0.1, 0.15) is 0 Å². The lowest BCUT2D eigenvalue weighted by atomic mass is 10.1. The summed E-state index contributed by atoms with van der Waals surface area (Å²) in [5, 5.41) is 2.89. The van der Waals surface area contributed by atoms with Crippen LogP contribution < -0.4 is 20.5 Å². The fourth-order valence-electron chi connectivity index (χ4n) is 2.97. The standard InChI is InChI=1S/C22H25N3O4/c1-4-12-29-19-11-10-16(13-20(19)28-5-2)21(26)24-17-8-6-7-9-18(17)25-15(3)14-23-22(25)27/h6-11,13-14H,4-5,12H2,1-3H3,(H,23,27)(H,24,26). The van der Waals surface area contributed by atoms with Crippen molar-refractivity contribution in [1.82, 2.24) is 9.55 Å². The zero-order valence-electron chi connectivity index (χ0n) is 16.8. The molecular formula is C22H25N3O4. The summed E-state index contributed by atoms with van der Waals surface area (Å²) in [5.41, 5.74) is 2.04. The van der Waals surface area contributed by atoms with Crippen molar-refractivity contribution in [3.8, 4) is 17.2 Å². The zero-order chi connectivity index (χ0) is 20.8. The van der Waals surface area contributed by atoms with Crippen LogP contribution in [-0.2, 0) is 0 Å². The monoisotopic (exact) mass is 395 g/mol. The van der Waals surface area contributed by atoms with E-state index in [0.29, 0.717) is 41.7 Å². The number of aromatic amines is 1. The average Bonchev–Trinajstić information content (AvgIpc) is 3.05. The first kappa shape index (κ1) is 20.3. The fraction of sp³-hybridized carbons (Fsp3) is 0.273. The highest BCUT2D eigenvalue weighted by molar-refractivity contribution is 6.05. The molecule has 3 rings (SSSR count). The van der Waals surface area contributed by atoms with Crippen molar-refractivity contribution in [3.05, 3.63) is 70.4 Å². The van der Waals surface area contributed by atoms with Crippen LogP contribution in [0.3, 0.4) is 0 Å². The molecule has 7 nitrogen and oxygen atoms in total. The molecule has 29 heavy (non-hydrogen) atoms. The number of anilines is 1. The summed E-state index contributed by atoms with van der Waals surface area (Å²) in [4.78, 5) is 27.7. The van der Waals surface area contributed by atoms with Gasteiger partial charge in [0.05, 0.1) is 24.6 Å². The second kappa shape index (κ2) is 9.14. The summed E-state index contributed by atoms with van der Waals surface area (Å²) in [6, 6.07) is 12.3. The van der Waals surface area contributed by atoms with Crippen LogP contribution in [0.1, 0.15) is 36.3 Å². The summed E-state index contributed by atoms with van der Waals surface area (Å²) < 4.78 is 12.8. The molecule has 0 atom stereocenters. The van der Waals surface area contributed by atoms with Crippen molar-refractivity contribution in [2.24, 2.45) is 0 Å². The average molecular weight is 395 g/mol. The van der Waals surface area contributed by atoms with E-state index in [-0.39, 0.29) is 11.6 Å². The fourth-order valence-corrected chi connectivity index (χ4v) is 2.97. The number of hydrogen-bond acceptors (Lipinski definition) is 4. The maximum atomic E-state index is 12.9. The van der Waals surface area contributed by atoms with Gasteiger partial charge in [0.25, 0.3) is 5.91 Å². The number of carbonyl (C=O) groups excluding carboxylic acids is 1. The Kier molecular flexibility index (Phi) is 6.39. The first-order valence-corrected chi connectivity index (χ1v) is 9.62. The Balaban J connectivity index is 1.90. The second-order valence-corrected chi connectivity index (χ2v) is 6.48. The lowest BCUT2D eigenvalue weighted by molar-refractivity contribution is 0.102. The summed E-state index contributed by atoms with van der Waals surface area (Å²) in [6.07, 6.45) is 2.51. The number of H-pyrrole nitrogens is 1. The number of rotatable bonds is 8. The molecule has 0 unspecified atom stereocenters. The maximum absolute atomic E-state index is 12.9. The topological polar surface area (TPSA) is 85.4 Å². The van der Waals surface area contributed by atoms with Crippen LogP contribution >= 0.6 is 0 Å². The molecule has 3 aromatic rings. The number of hydrogen-bond donors (Lipinski definition) is 2. The largest absolute Gasteiger partial charge is 0.490 e. The molecule has 2 aromatic carbocycles. The van der Waals surface area contributed by atoms with Crippen molar-refractivity contribution < 1.29 is 14.3 Å². The Morgan fingerprint density at radius 1 is 1.10 bits per heavy atom. The first-order chi connectivity index (χ1) is 14.0. The van der Waals surface area contributed by atoms with Gasteiger partial charge in [-0.05, 0) is 50.6 Å². The number of para-hydroxylation sites is 2. The Morgan fingerprint density at radius 3 is 2.59 bits per heavy atom. The molecule has 1 amide bonds. The molecule has 0 saturated heterocycles. The molecule has 0 radical (unpaired) electrons. The van der Waals surface area contributed by atoms with Gasteiger partial charge < -0.3 is 19.8 Å². The minimum Gasteiger partial charge on any atom is -0.490 e. The minimum absolute atomic E-state index is 0.264. The third-order valence-corrected chi connectivity index (χ3v) is 4.32. The first-order valence-electron chi connectivity index (χ1n) is 9.62. The van der Waals surface area contributed by atoms with Gasteiger partial charge in [-0.15, -0.1) is 0 Å². The number of aryl methyl sites for hydroxylation is 1. The number of nitrogens with one attached hydrogen (secondary N) is 2. The number of benzene rings is 2. The van der Waals surface area contributed by atoms with Crippen LogP contribution in [0, 0.1) is 6.92 Å². The Bertz CT molecular complexity index is 1050. The van der Waals surface area contributed by atoms with Crippen molar-refractivity contribution >= 4 is 11.6 Å². The predicted octanol–water partition coefficient (Wildman–Crippen LogP) is 3.91. The summed E-state index contributed by atoms with van der Waals surface area (Å²) in [7, 11) is 0. The van der Waals surface area contributed by atoms with Gasteiger partial charge in [-0.3, -0.25) is 9.36 Å². The number of aromatic nitrogens is 2. The van der Waals surface area contributed by atoms with E-state index >= 15 is 0 Å². The molecule has 2 N–H and O–H groups in total. The van der Waals surface area contributed by atoms with Crippen LogP contribution in [0.15, 0.2) is 53.5 Å². The van der Waals surface area contributed by atoms with Crippen molar-refractivity contribution in [1.29, 1.82) is 0 Å². The number of ether oxygens (including phenoxy) is 2. The molecule has 1 aromatic heterocycles. The van der Waals surface area contributed by atoms with E-state index < -0.39 is 0 Å². The van der Waals surface area contributed by atoms with Crippen LogP contribution in [0.4, 0.5) is 5.69 Å². The third-order valence-electron chi connectivity index (χ3n) is 4.32. The van der Waals surface area contributed by atoms with E-state index in [4.69, 9.17) is 9.47 Å². The smallest absolute Gasteiger partial charge is 0.330 e. The SMILES string of the molecule is CCCOc1ccc(C(=O)Nc2ccccc2-n2c(C)c[nH]c2=O)cc1OCC. The van der Waals surface area contributed by atoms with E-state index in [0.717, 1.165) is 12.1 Å². The minimum atomic E-state index is -0.304. The molecule has 0 bridgehead atoms.